The normalized spacial score (nSPS) is 25.5. The molecule has 0 amide bonds. The van der Waals surface area contributed by atoms with E-state index >= 15 is 0 Å². The zero-order valence-electron chi connectivity index (χ0n) is 9.54. The van der Waals surface area contributed by atoms with Gasteiger partial charge >= 0.3 is 0 Å². The average molecular weight is 203 g/mol. The summed E-state index contributed by atoms with van der Waals surface area (Å²) < 4.78 is 10.5. The Hall–Kier alpha value is -0.160. The molecule has 84 valence electrons. The number of methoxy groups -OCH3 is 2. The van der Waals surface area contributed by atoms with Crippen LogP contribution in [0.25, 0.3) is 0 Å². The Balaban J connectivity index is 2.34. The van der Waals surface area contributed by atoms with Crippen LogP contribution < -0.4 is 0 Å². The number of rotatable bonds is 5. The predicted molar refractivity (Wildman–Crippen MR) is 54.1 cm³/mol. The summed E-state index contributed by atoms with van der Waals surface area (Å²) in [4.78, 5) is 2.14. The summed E-state index contributed by atoms with van der Waals surface area (Å²) in [6, 6.07) is 0. The van der Waals surface area contributed by atoms with E-state index in [2.05, 4.69) is 4.90 Å². The molecule has 0 spiro atoms. The summed E-state index contributed by atoms with van der Waals surface area (Å²) in [5.41, 5.74) is -0.604. The van der Waals surface area contributed by atoms with Gasteiger partial charge in [-0.25, -0.2) is 0 Å². The first-order valence-electron chi connectivity index (χ1n) is 5.02. The molecule has 1 fully saturated rings. The van der Waals surface area contributed by atoms with Crippen LogP contribution in [0.4, 0.5) is 0 Å². The number of ether oxygens (including phenoxy) is 2. The standard InChI is InChI=1S/C10H21NO3/c1-5-9(2,12)6-11-7-10(8-11,13-3)14-4/h12H,5-8H2,1-4H3. The van der Waals surface area contributed by atoms with E-state index in [1.807, 2.05) is 13.8 Å². The monoisotopic (exact) mass is 203 g/mol. The fraction of sp³-hybridized carbons (Fsp3) is 1.00. The van der Waals surface area contributed by atoms with Gasteiger partial charge in [0, 0.05) is 20.8 Å². The molecular weight excluding hydrogens is 182 g/mol. The minimum absolute atomic E-state index is 0.441. The molecule has 0 bridgehead atoms. The first kappa shape index (κ1) is 11.9. The Kier molecular flexibility index (Phi) is 3.53. The lowest BCUT2D eigenvalue weighted by atomic mass is 9.99. The van der Waals surface area contributed by atoms with E-state index in [0.29, 0.717) is 6.54 Å². The van der Waals surface area contributed by atoms with Gasteiger partial charge in [-0.1, -0.05) is 6.92 Å². The van der Waals surface area contributed by atoms with E-state index in [9.17, 15) is 5.11 Å². The fourth-order valence-corrected chi connectivity index (χ4v) is 1.68. The van der Waals surface area contributed by atoms with Crippen molar-refractivity contribution in [2.24, 2.45) is 0 Å². The van der Waals surface area contributed by atoms with E-state index in [1.165, 1.54) is 0 Å². The van der Waals surface area contributed by atoms with Crippen molar-refractivity contribution in [2.75, 3.05) is 33.9 Å². The Labute approximate surface area is 85.8 Å². The van der Waals surface area contributed by atoms with Gasteiger partial charge in [-0.3, -0.25) is 4.90 Å². The number of aliphatic hydroxyl groups is 1. The minimum atomic E-state index is -0.604. The lowest BCUT2D eigenvalue weighted by Gasteiger charge is -2.49. The summed E-state index contributed by atoms with van der Waals surface area (Å²) >= 11 is 0. The molecule has 0 saturated carbocycles. The van der Waals surface area contributed by atoms with Crippen LogP contribution in [0, 0.1) is 0 Å². The Morgan fingerprint density at radius 2 is 1.86 bits per heavy atom. The molecule has 1 heterocycles. The van der Waals surface area contributed by atoms with Crippen molar-refractivity contribution in [1.82, 2.24) is 4.90 Å². The molecule has 1 unspecified atom stereocenters. The van der Waals surface area contributed by atoms with Gasteiger partial charge in [0.15, 0.2) is 5.79 Å². The van der Waals surface area contributed by atoms with Crippen LogP contribution in [0.2, 0.25) is 0 Å². The highest BCUT2D eigenvalue weighted by Crippen LogP contribution is 2.27. The molecule has 0 radical (unpaired) electrons. The van der Waals surface area contributed by atoms with Crippen LogP contribution in [0.3, 0.4) is 0 Å². The van der Waals surface area contributed by atoms with Gasteiger partial charge in [-0.15, -0.1) is 0 Å². The van der Waals surface area contributed by atoms with Crippen molar-refractivity contribution in [3.63, 3.8) is 0 Å². The van der Waals surface area contributed by atoms with Crippen molar-refractivity contribution in [1.29, 1.82) is 0 Å². The van der Waals surface area contributed by atoms with Crippen LogP contribution >= 0.6 is 0 Å². The molecule has 1 saturated heterocycles. The summed E-state index contributed by atoms with van der Waals surface area (Å²) in [5.74, 6) is -0.441. The Morgan fingerprint density at radius 3 is 2.21 bits per heavy atom. The maximum Gasteiger partial charge on any atom is 0.193 e. The quantitative estimate of drug-likeness (QED) is 0.659. The van der Waals surface area contributed by atoms with Gasteiger partial charge in [0.1, 0.15) is 0 Å². The smallest absolute Gasteiger partial charge is 0.193 e. The van der Waals surface area contributed by atoms with Crippen LogP contribution in [0.15, 0.2) is 0 Å². The number of likely N-dealkylation sites (tertiary alicyclic amines) is 1. The Morgan fingerprint density at radius 1 is 1.36 bits per heavy atom. The molecule has 14 heavy (non-hydrogen) atoms. The molecule has 4 nitrogen and oxygen atoms in total. The van der Waals surface area contributed by atoms with Gasteiger partial charge < -0.3 is 14.6 Å². The van der Waals surface area contributed by atoms with Gasteiger partial charge in [0.2, 0.25) is 0 Å². The van der Waals surface area contributed by atoms with Crippen molar-refractivity contribution in [3.05, 3.63) is 0 Å². The third-order valence-corrected chi connectivity index (χ3v) is 3.00. The SMILES string of the molecule is CCC(C)(O)CN1CC(OC)(OC)C1. The first-order chi connectivity index (χ1) is 6.47. The summed E-state index contributed by atoms with van der Waals surface area (Å²) in [6.45, 7) is 5.98. The minimum Gasteiger partial charge on any atom is -0.389 e. The van der Waals surface area contributed by atoms with Gasteiger partial charge in [0.25, 0.3) is 0 Å². The zero-order chi connectivity index (χ0) is 10.8. The molecule has 0 aromatic rings. The van der Waals surface area contributed by atoms with E-state index < -0.39 is 11.4 Å². The molecule has 1 aliphatic rings. The molecule has 1 N–H and O–H groups in total. The third-order valence-electron chi connectivity index (χ3n) is 3.00. The van der Waals surface area contributed by atoms with E-state index in [0.717, 1.165) is 19.5 Å². The highest BCUT2D eigenvalue weighted by molar-refractivity contribution is 4.92. The summed E-state index contributed by atoms with van der Waals surface area (Å²) in [6.07, 6.45) is 0.760. The van der Waals surface area contributed by atoms with Gasteiger partial charge in [0.05, 0.1) is 18.7 Å². The molecular formula is C10H21NO3. The average Bonchev–Trinajstić information content (AvgIpc) is 2.11. The van der Waals surface area contributed by atoms with Gasteiger partial charge in [-0.05, 0) is 13.3 Å². The van der Waals surface area contributed by atoms with E-state index in [-0.39, 0.29) is 0 Å². The van der Waals surface area contributed by atoms with Crippen molar-refractivity contribution >= 4 is 0 Å². The third kappa shape index (κ3) is 2.45. The van der Waals surface area contributed by atoms with Crippen molar-refractivity contribution < 1.29 is 14.6 Å². The maximum atomic E-state index is 9.85. The molecule has 1 aliphatic heterocycles. The fourth-order valence-electron chi connectivity index (χ4n) is 1.68. The van der Waals surface area contributed by atoms with Gasteiger partial charge in [-0.2, -0.15) is 0 Å². The van der Waals surface area contributed by atoms with E-state index in [4.69, 9.17) is 9.47 Å². The number of hydrogen-bond donors (Lipinski definition) is 1. The zero-order valence-corrected chi connectivity index (χ0v) is 9.54. The first-order valence-corrected chi connectivity index (χ1v) is 5.02. The second-order valence-electron chi connectivity index (χ2n) is 4.31. The highest BCUT2D eigenvalue weighted by atomic mass is 16.7. The molecule has 1 atom stereocenters. The molecule has 1 rings (SSSR count). The number of hydrogen-bond acceptors (Lipinski definition) is 4. The van der Waals surface area contributed by atoms with Crippen molar-refractivity contribution in [2.45, 2.75) is 31.7 Å². The lowest BCUT2D eigenvalue weighted by molar-refractivity contribution is -0.280. The predicted octanol–water partition coefficient (Wildman–Crippen LogP) is 0.452. The molecule has 0 aromatic heterocycles. The molecule has 4 heteroatoms. The lowest BCUT2D eigenvalue weighted by Crippen LogP contribution is -2.66. The van der Waals surface area contributed by atoms with Crippen LogP contribution in [0.1, 0.15) is 20.3 Å². The molecule has 0 aromatic carbocycles. The van der Waals surface area contributed by atoms with Crippen LogP contribution in [0.5, 0.6) is 0 Å². The number of β-amino-alcohol motifs (C(OH)–C–C–N with tert-alkyl or cyclic N) is 1. The van der Waals surface area contributed by atoms with Crippen LogP contribution in [-0.4, -0.2) is 55.2 Å². The van der Waals surface area contributed by atoms with Crippen LogP contribution in [-0.2, 0) is 9.47 Å². The maximum absolute atomic E-state index is 9.85. The van der Waals surface area contributed by atoms with E-state index in [1.54, 1.807) is 14.2 Å². The summed E-state index contributed by atoms with van der Waals surface area (Å²) in [5, 5.41) is 9.85. The molecule has 0 aliphatic carbocycles. The number of nitrogens with zero attached hydrogens (tertiary/aromatic N) is 1. The summed E-state index contributed by atoms with van der Waals surface area (Å²) in [7, 11) is 3.30. The second kappa shape index (κ2) is 4.14. The highest BCUT2D eigenvalue weighted by Gasteiger charge is 2.45. The van der Waals surface area contributed by atoms with Crippen molar-refractivity contribution in [3.8, 4) is 0 Å². The second-order valence-corrected chi connectivity index (χ2v) is 4.31. The Bertz CT molecular complexity index is 182. The largest absolute Gasteiger partial charge is 0.389 e. The topological polar surface area (TPSA) is 41.9 Å².